The molecule has 0 unspecified atom stereocenters. The van der Waals surface area contributed by atoms with Crippen molar-refractivity contribution >= 4 is 21.7 Å². The Hall–Kier alpha value is -2.67. The molecule has 0 saturated carbocycles. The summed E-state index contributed by atoms with van der Waals surface area (Å²) in [6.07, 6.45) is 3.11. The highest BCUT2D eigenvalue weighted by Crippen LogP contribution is 2.22. The molecule has 0 radical (unpaired) electrons. The SMILES string of the molecule is N#Cc1ccc2c(c1)oc(=O)c1cnccc12. The monoisotopic (exact) mass is 222 g/mol. The minimum atomic E-state index is -0.435. The molecule has 0 N–H and O–H groups in total. The van der Waals surface area contributed by atoms with Crippen molar-refractivity contribution in [3.8, 4) is 6.07 Å². The Morgan fingerprint density at radius 1 is 1.18 bits per heavy atom. The molecule has 80 valence electrons. The third-order valence-corrected chi connectivity index (χ3v) is 2.64. The number of benzene rings is 1. The Balaban J connectivity index is 2.58. The molecule has 2 heterocycles. The van der Waals surface area contributed by atoms with Crippen molar-refractivity contribution in [1.29, 1.82) is 5.26 Å². The van der Waals surface area contributed by atoms with Crippen molar-refractivity contribution < 1.29 is 4.42 Å². The molecular formula is C13H6N2O2. The smallest absolute Gasteiger partial charge is 0.345 e. The van der Waals surface area contributed by atoms with Crippen molar-refractivity contribution in [3.05, 3.63) is 52.6 Å². The fourth-order valence-electron chi connectivity index (χ4n) is 1.85. The summed E-state index contributed by atoms with van der Waals surface area (Å²) in [5, 5.41) is 10.8. The highest BCUT2D eigenvalue weighted by Gasteiger charge is 2.07. The molecule has 0 aliphatic rings. The zero-order chi connectivity index (χ0) is 11.8. The third kappa shape index (κ3) is 1.37. The molecule has 0 fully saturated rings. The summed E-state index contributed by atoms with van der Waals surface area (Å²) in [7, 11) is 0. The van der Waals surface area contributed by atoms with Crippen molar-refractivity contribution in [1.82, 2.24) is 4.98 Å². The Bertz CT molecular complexity index is 828. The largest absolute Gasteiger partial charge is 0.422 e. The second-order valence-electron chi connectivity index (χ2n) is 3.63. The first kappa shape index (κ1) is 9.55. The average Bonchev–Trinajstić information content (AvgIpc) is 2.38. The van der Waals surface area contributed by atoms with Gasteiger partial charge in [-0.2, -0.15) is 5.26 Å². The summed E-state index contributed by atoms with van der Waals surface area (Å²) in [6, 6.07) is 8.82. The first-order valence-corrected chi connectivity index (χ1v) is 5.00. The van der Waals surface area contributed by atoms with Crippen LogP contribution in [0.15, 0.2) is 45.9 Å². The van der Waals surface area contributed by atoms with E-state index in [1.807, 2.05) is 6.07 Å². The number of nitriles is 1. The molecule has 4 nitrogen and oxygen atoms in total. The fourth-order valence-corrected chi connectivity index (χ4v) is 1.85. The van der Waals surface area contributed by atoms with Crippen molar-refractivity contribution in [3.63, 3.8) is 0 Å². The summed E-state index contributed by atoms with van der Waals surface area (Å²) in [5.74, 6) is 0. The molecule has 3 rings (SSSR count). The topological polar surface area (TPSA) is 66.9 Å². The Morgan fingerprint density at radius 2 is 2.06 bits per heavy atom. The van der Waals surface area contributed by atoms with Gasteiger partial charge >= 0.3 is 5.63 Å². The molecular weight excluding hydrogens is 216 g/mol. The van der Waals surface area contributed by atoms with Crippen LogP contribution in [0.3, 0.4) is 0 Å². The third-order valence-electron chi connectivity index (χ3n) is 2.64. The number of fused-ring (bicyclic) bond motifs is 3. The van der Waals surface area contributed by atoms with E-state index in [0.717, 1.165) is 10.8 Å². The second-order valence-corrected chi connectivity index (χ2v) is 3.63. The highest BCUT2D eigenvalue weighted by atomic mass is 16.4. The summed E-state index contributed by atoms with van der Waals surface area (Å²) >= 11 is 0. The molecule has 0 saturated heterocycles. The van der Waals surface area contributed by atoms with E-state index < -0.39 is 5.63 Å². The molecule has 0 atom stereocenters. The lowest BCUT2D eigenvalue weighted by Gasteiger charge is -2.01. The lowest BCUT2D eigenvalue weighted by Crippen LogP contribution is -2.00. The van der Waals surface area contributed by atoms with Crippen LogP contribution in [-0.2, 0) is 0 Å². The van der Waals surface area contributed by atoms with Gasteiger partial charge in [0, 0.05) is 23.2 Å². The van der Waals surface area contributed by atoms with Crippen LogP contribution < -0.4 is 5.63 Å². The van der Waals surface area contributed by atoms with E-state index in [2.05, 4.69) is 4.98 Å². The van der Waals surface area contributed by atoms with Gasteiger partial charge in [-0.1, -0.05) is 0 Å². The van der Waals surface area contributed by atoms with Gasteiger partial charge in [0.05, 0.1) is 17.0 Å². The van der Waals surface area contributed by atoms with Crippen LogP contribution in [-0.4, -0.2) is 4.98 Å². The summed E-state index contributed by atoms with van der Waals surface area (Å²) in [4.78, 5) is 15.6. The van der Waals surface area contributed by atoms with Crippen LogP contribution in [0.5, 0.6) is 0 Å². The molecule has 2 aromatic heterocycles. The predicted molar refractivity (Wildman–Crippen MR) is 62.5 cm³/mol. The van der Waals surface area contributed by atoms with Gasteiger partial charge in [-0.15, -0.1) is 0 Å². The van der Waals surface area contributed by atoms with E-state index in [-0.39, 0.29) is 0 Å². The summed E-state index contributed by atoms with van der Waals surface area (Å²) < 4.78 is 5.17. The van der Waals surface area contributed by atoms with Gasteiger partial charge in [0.15, 0.2) is 0 Å². The number of nitrogens with zero attached hydrogens (tertiary/aromatic N) is 2. The minimum absolute atomic E-state index is 0.424. The standard InChI is InChI=1S/C13H6N2O2/c14-6-8-1-2-10-9-3-4-15-7-11(9)13(16)17-12(10)5-8/h1-5,7H. The molecule has 17 heavy (non-hydrogen) atoms. The molecule has 1 aromatic carbocycles. The lowest BCUT2D eigenvalue weighted by molar-refractivity contribution is 0.569. The van der Waals surface area contributed by atoms with Crippen molar-refractivity contribution in [2.24, 2.45) is 0 Å². The number of rotatable bonds is 0. The van der Waals surface area contributed by atoms with Gasteiger partial charge in [0.1, 0.15) is 5.58 Å². The van der Waals surface area contributed by atoms with E-state index in [4.69, 9.17) is 9.68 Å². The zero-order valence-corrected chi connectivity index (χ0v) is 8.68. The second kappa shape index (κ2) is 3.42. The number of hydrogen-bond donors (Lipinski definition) is 0. The molecule has 0 aliphatic carbocycles. The first-order valence-electron chi connectivity index (χ1n) is 5.00. The molecule has 4 heteroatoms. The van der Waals surface area contributed by atoms with E-state index >= 15 is 0 Å². The van der Waals surface area contributed by atoms with Crippen LogP contribution >= 0.6 is 0 Å². The maximum Gasteiger partial charge on any atom is 0.345 e. The van der Waals surface area contributed by atoms with Gasteiger partial charge in [-0.25, -0.2) is 4.79 Å². The molecule has 3 aromatic rings. The first-order chi connectivity index (χ1) is 8.29. The van der Waals surface area contributed by atoms with Gasteiger partial charge in [0.2, 0.25) is 0 Å². The van der Waals surface area contributed by atoms with Crippen LogP contribution in [0.25, 0.3) is 21.7 Å². The normalized spacial score (nSPS) is 10.5. The van der Waals surface area contributed by atoms with E-state index in [9.17, 15) is 4.79 Å². The van der Waals surface area contributed by atoms with Crippen molar-refractivity contribution in [2.75, 3.05) is 0 Å². The average molecular weight is 222 g/mol. The van der Waals surface area contributed by atoms with Crippen molar-refractivity contribution in [2.45, 2.75) is 0 Å². The maximum atomic E-state index is 11.7. The predicted octanol–water partition coefficient (Wildman–Crippen LogP) is 2.21. The quantitative estimate of drug-likeness (QED) is 0.432. The van der Waals surface area contributed by atoms with Gasteiger partial charge in [0.25, 0.3) is 0 Å². The molecule has 0 amide bonds. The summed E-state index contributed by atoms with van der Waals surface area (Å²) in [6.45, 7) is 0. The van der Waals surface area contributed by atoms with Gasteiger partial charge < -0.3 is 4.42 Å². The zero-order valence-electron chi connectivity index (χ0n) is 8.68. The highest BCUT2D eigenvalue weighted by molar-refractivity contribution is 6.03. The number of pyridine rings is 1. The van der Waals surface area contributed by atoms with Gasteiger partial charge in [-0.05, 0) is 24.3 Å². The fraction of sp³-hybridized carbons (Fsp3) is 0. The minimum Gasteiger partial charge on any atom is -0.422 e. The Kier molecular flexibility index (Phi) is 1.92. The van der Waals surface area contributed by atoms with E-state index in [0.29, 0.717) is 16.5 Å². The van der Waals surface area contributed by atoms with Crippen LogP contribution in [0, 0.1) is 11.3 Å². The number of aromatic nitrogens is 1. The summed E-state index contributed by atoms with van der Waals surface area (Å²) in [5.41, 5.74) is 0.456. The molecule has 0 spiro atoms. The van der Waals surface area contributed by atoms with E-state index in [1.54, 1.807) is 30.5 Å². The van der Waals surface area contributed by atoms with Crippen LogP contribution in [0.1, 0.15) is 5.56 Å². The Labute approximate surface area is 95.7 Å². The van der Waals surface area contributed by atoms with Crippen LogP contribution in [0.2, 0.25) is 0 Å². The maximum absolute atomic E-state index is 11.7. The lowest BCUT2D eigenvalue weighted by atomic mass is 10.1. The Morgan fingerprint density at radius 3 is 2.88 bits per heavy atom. The van der Waals surface area contributed by atoms with Crippen LogP contribution in [0.4, 0.5) is 0 Å². The molecule has 0 aliphatic heterocycles. The van der Waals surface area contributed by atoms with E-state index in [1.165, 1.54) is 6.20 Å². The molecule has 0 bridgehead atoms. The number of hydrogen-bond acceptors (Lipinski definition) is 4. The van der Waals surface area contributed by atoms with Gasteiger partial charge in [-0.3, -0.25) is 4.98 Å².